The number of amides is 1. The lowest BCUT2D eigenvalue weighted by Gasteiger charge is -2.22. The molecular formula is C15H18N2O4. The van der Waals surface area contributed by atoms with Gasteiger partial charge in [0.1, 0.15) is 6.61 Å². The molecule has 1 amide bonds. The summed E-state index contributed by atoms with van der Waals surface area (Å²) in [6.07, 6.45) is 0. The zero-order chi connectivity index (χ0) is 15.3. The number of aromatic nitrogens is 1. The van der Waals surface area contributed by atoms with E-state index in [-0.39, 0.29) is 18.2 Å². The first-order valence-corrected chi connectivity index (χ1v) is 6.57. The van der Waals surface area contributed by atoms with Crippen LogP contribution in [0.3, 0.4) is 0 Å². The molecule has 2 rings (SSSR count). The normalized spacial score (nSPS) is 11.2. The molecule has 1 heterocycles. The summed E-state index contributed by atoms with van der Waals surface area (Å²) in [6.45, 7) is 3.57. The van der Waals surface area contributed by atoms with Crippen molar-refractivity contribution in [1.29, 1.82) is 0 Å². The Balaban J connectivity index is 1.93. The van der Waals surface area contributed by atoms with Crippen LogP contribution in [-0.2, 0) is 6.61 Å². The van der Waals surface area contributed by atoms with Crippen LogP contribution in [0.25, 0.3) is 0 Å². The first-order chi connectivity index (χ1) is 10.00. The molecule has 6 nitrogen and oxygen atoms in total. The van der Waals surface area contributed by atoms with Crippen LogP contribution in [0, 0.1) is 0 Å². The molecule has 0 aliphatic rings. The van der Waals surface area contributed by atoms with Crippen LogP contribution in [0.2, 0.25) is 0 Å². The minimum atomic E-state index is -0.727. The number of nitrogens with zero attached hydrogens (tertiary/aromatic N) is 1. The molecule has 2 N–H and O–H groups in total. The summed E-state index contributed by atoms with van der Waals surface area (Å²) in [5, 5.41) is 15.4. The van der Waals surface area contributed by atoms with Gasteiger partial charge in [0.2, 0.25) is 5.76 Å². The Bertz CT molecular complexity index is 593. The molecule has 21 heavy (non-hydrogen) atoms. The topological polar surface area (TPSA) is 84.6 Å². The number of hydrogen-bond acceptors (Lipinski definition) is 5. The van der Waals surface area contributed by atoms with E-state index in [2.05, 4.69) is 10.5 Å². The maximum Gasteiger partial charge on any atom is 0.290 e. The van der Waals surface area contributed by atoms with Crippen molar-refractivity contribution in [3.8, 4) is 5.88 Å². The summed E-state index contributed by atoms with van der Waals surface area (Å²) < 4.78 is 10.4. The van der Waals surface area contributed by atoms with E-state index < -0.39 is 11.4 Å². The van der Waals surface area contributed by atoms with Gasteiger partial charge >= 0.3 is 0 Å². The molecule has 0 aliphatic carbocycles. The van der Waals surface area contributed by atoms with Crippen molar-refractivity contribution in [1.82, 2.24) is 10.5 Å². The van der Waals surface area contributed by atoms with E-state index in [1.807, 2.05) is 30.3 Å². The van der Waals surface area contributed by atoms with Gasteiger partial charge in [0, 0.05) is 0 Å². The molecule has 0 bridgehead atoms. The van der Waals surface area contributed by atoms with E-state index >= 15 is 0 Å². The minimum Gasteiger partial charge on any atom is -0.471 e. The molecule has 0 radical (unpaired) electrons. The monoisotopic (exact) mass is 290 g/mol. The minimum absolute atomic E-state index is 0.0413. The van der Waals surface area contributed by atoms with Gasteiger partial charge in [-0.3, -0.25) is 4.79 Å². The SMILES string of the molecule is CC(C)(CO)NC(=O)c1cc(OCc2ccccc2)no1. The quantitative estimate of drug-likeness (QED) is 0.846. The van der Waals surface area contributed by atoms with E-state index in [0.29, 0.717) is 6.61 Å². The average molecular weight is 290 g/mol. The number of hydrogen-bond donors (Lipinski definition) is 2. The molecular weight excluding hydrogens is 272 g/mol. The first-order valence-electron chi connectivity index (χ1n) is 6.57. The first kappa shape index (κ1) is 15.1. The van der Waals surface area contributed by atoms with Crippen molar-refractivity contribution in [2.45, 2.75) is 26.0 Å². The Morgan fingerprint density at radius 3 is 2.76 bits per heavy atom. The van der Waals surface area contributed by atoms with Crippen LogP contribution < -0.4 is 10.1 Å². The van der Waals surface area contributed by atoms with Gasteiger partial charge in [0.05, 0.1) is 18.2 Å². The highest BCUT2D eigenvalue weighted by Gasteiger charge is 2.23. The fourth-order valence-corrected chi connectivity index (χ4v) is 1.57. The number of benzene rings is 1. The smallest absolute Gasteiger partial charge is 0.290 e. The second kappa shape index (κ2) is 6.41. The Morgan fingerprint density at radius 2 is 2.10 bits per heavy atom. The molecule has 0 saturated heterocycles. The highest BCUT2D eigenvalue weighted by molar-refractivity contribution is 5.92. The number of rotatable bonds is 6. The number of ether oxygens (including phenoxy) is 1. The highest BCUT2D eigenvalue weighted by Crippen LogP contribution is 2.14. The molecule has 0 unspecified atom stereocenters. The Labute approximate surface area is 122 Å². The fraction of sp³-hybridized carbons (Fsp3) is 0.333. The second-order valence-electron chi connectivity index (χ2n) is 5.30. The number of carbonyl (C=O) groups excluding carboxylic acids is 1. The molecule has 0 aliphatic heterocycles. The van der Waals surface area contributed by atoms with Crippen LogP contribution in [0.15, 0.2) is 40.9 Å². The molecule has 0 saturated carbocycles. The van der Waals surface area contributed by atoms with Crippen LogP contribution in [0.5, 0.6) is 5.88 Å². The van der Waals surface area contributed by atoms with Gasteiger partial charge in [0.25, 0.3) is 11.8 Å². The number of nitrogens with one attached hydrogen (secondary N) is 1. The van der Waals surface area contributed by atoms with Gasteiger partial charge in [-0.15, -0.1) is 0 Å². The Kier molecular flexibility index (Phi) is 4.59. The summed E-state index contributed by atoms with van der Waals surface area (Å²) in [5.41, 5.74) is 0.266. The van der Waals surface area contributed by atoms with Crippen LogP contribution in [0.1, 0.15) is 30.0 Å². The van der Waals surface area contributed by atoms with E-state index in [1.165, 1.54) is 6.07 Å². The third-order valence-corrected chi connectivity index (χ3v) is 2.79. The van der Waals surface area contributed by atoms with Crippen molar-refractivity contribution in [2.75, 3.05) is 6.61 Å². The Hall–Kier alpha value is -2.34. The molecule has 0 fully saturated rings. The van der Waals surface area contributed by atoms with Gasteiger partial charge in [-0.1, -0.05) is 30.3 Å². The van der Waals surface area contributed by atoms with Crippen molar-refractivity contribution in [2.24, 2.45) is 0 Å². The summed E-state index contributed by atoms with van der Waals surface area (Å²) in [6, 6.07) is 11.0. The molecule has 2 aromatic rings. The Morgan fingerprint density at radius 1 is 1.38 bits per heavy atom. The third-order valence-electron chi connectivity index (χ3n) is 2.79. The van der Waals surface area contributed by atoms with Crippen LogP contribution in [0.4, 0.5) is 0 Å². The van der Waals surface area contributed by atoms with Gasteiger partial charge in [-0.2, -0.15) is 0 Å². The number of carbonyl (C=O) groups is 1. The van der Waals surface area contributed by atoms with Crippen molar-refractivity contribution in [3.63, 3.8) is 0 Å². The lowest BCUT2D eigenvalue weighted by atomic mass is 10.1. The predicted molar refractivity (Wildman–Crippen MR) is 75.9 cm³/mol. The predicted octanol–water partition coefficient (Wildman–Crippen LogP) is 1.75. The van der Waals surface area contributed by atoms with E-state index in [1.54, 1.807) is 13.8 Å². The van der Waals surface area contributed by atoms with E-state index in [9.17, 15) is 4.79 Å². The maximum atomic E-state index is 11.9. The summed E-state index contributed by atoms with van der Waals surface area (Å²) in [5.74, 6) is -0.165. The number of aliphatic hydroxyl groups is 1. The molecule has 112 valence electrons. The zero-order valence-corrected chi connectivity index (χ0v) is 12.0. The van der Waals surface area contributed by atoms with Crippen molar-refractivity contribution < 1.29 is 19.2 Å². The highest BCUT2D eigenvalue weighted by atomic mass is 16.5. The average Bonchev–Trinajstić information content (AvgIpc) is 2.95. The lowest BCUT2D eigenvalue weighted by Crippen LogP contribution is -2.46. The largest absolute Gasteiger partial charge is 0.471 e. The van der Waals surface area contributed by atoms with Crippen LogP contribution >= 0.6 is 0 Å². The van der Waals surface area contributed by atoms with E-state index in [4.69, 9.17) is 14.4 Å². The maximum absolute atomic E-state index is 11.9. The van der Waals surface area contributed by atoms with Gasteiger partial charge < -0.3 is 19.7 Å². The van der Waals surface area contributed by atoms with Crippen molar-refractivity contribution in [3.05, 3.63) is 47.7 Å². The van der Waals surface area contributed by atoms with E-state index in [0.717, 1.165) is 5.56 Å². The molecule has 1 aromatic carbocycles. The third kappa shape index (κ3) is 4.32. The van der Waals surface area contributed by atoms with Gasteiger partial charge in [0.15, 0.2) is 0 Å². The summed E-state index contributed by atoms with van der Waals surface area (Å²) >= 11 is 0. The zero-order valence-electron chi connectivity index (χ0n) is 12.0. The molecule has 1 aromatic heterocycles. The van der Waals surface area contributed by atoms with Crippen LogP contribution in [-0.4, -0.2) is 28.3 Å². The van der Waals surface area contributed by atoms with Gasteiger partial charge in [-0.25, -0.2) is 0 Å². The lowest BCUT2D eigenvalue weighted by molar-refractivity contribution is 0.0831. The summed E-state index contributed by atoms with van der Waals surface area (Å²) in [7, 11) is 0. The standard InChI is InChI=1S/C15H18N2O4/c1-15(2,10-18)16-14(19)12-8-13(17-21-12)20-9-11-6-4-3-5-7-11/h3-8,18H,9-10H2,1-2H3,(H,16,19). The fourth-order valence-electron chi connectivity index (χ4n) is 1.57. The van der Waals surface area contributed by atoms with Gasteiger partial charge in [-0.05, 0) is 24.6 Å². The number of aliphatic hydroxyl groups excluding tert-OH is 1. The molecule has 0 spiro atoms. The molecule has 0 atom stereocenters. The second-order valence-corrected chi connectivity index (χ2v) is 5.30. The molecule has 6 heteroatoms. The summed E-state index contributed by atoms with van der Waals surface area (Å²) in [4.78, 5) is 11.9. The van der Waals surface area contributed by atoms with Crippen molar-refractivity contribution >= 4 is 5.91 Å².